The first-order valence-corrected chi connectivity index (χ1v) is 8.41. The van der Waals surface area contributed by atoms with Gasteiger partial charge in [0.2, 0.25) is 0 Å². The van der Waals surface area contributed by atoms with Gasteiger partial charge in [-0.1, -0.05) is 24.3 Å². The normalized spacial score (nSPS) is 17.4. The van der Waals surface area contributed by atoms with Crippen LogP contribution in [0.15, 0.2) is 36.4 Å². The van der Waals surface area contributed by atoms with Crippen LogP contribution in [-0.2, 0) is 13.0 Å². The molecule has 0 saturated carbocycles. The molecular weight excluding hydrogens is 300 g/mol. The van der Waals surface area contributed by atoms with Crippen molar-refractivity contribution in [3.05, 3.63) is 58.7 Å². The molecule has 0 saturated heterocycles. The standard InChI is InChI=1S/C20H26N2O2/c1-14-6-4-5-7-16(14)13-22-9-8-15-10-19(23-2)20(24-3)11-17(15)18(22)12-21/h4-7,10-11,18H,8-9,12-13,21H2,1-3H3. The van der Waals surface area contributed by atoms with Gasteiger partial charge in [-0.05, 0) is 47.7 Å². The van der Waals surface area contributed by atoms with Crippen LogP contribution in [0, 0.1) is 6.92 Å². The molecule has 1 heterocycles. The van der Waals surface area contributed by atoms with Gasteiger partial charge in [-0.25, -0.2) is 0 Å². The molecule has 2 aromatic rings. The van der Waals surface area contributed by atoms with Crippen molar-refractivity contribution < 1.29 is 9.47 Å². The lowest BCUT2D eigenvalue weighted by Crippen LogP contribution is -2.39. The molecule has 1 aliphatic heterocycles. The summed E-state index contributed by atoms with van der Waals surface area (Å²) in [5.41, 5.74) is 11.4. The van der Waals surface area contributed by atoms with Crippen molar-refractivity contribution >= 4 is 0 Å². The Kier molecular flexibility index (Phi) is 5.07. The Balaban J connectivity index is 1.93. The smallest absolute Gasteiger partial charge is 0.161 e. The number of hydrogen-bond acceptors (Lipinski definition) is 4. The zero-order chi connectivity index (χ0) is 17.1. The molecule has 0 fully saturated rings. The zero-order valence-electron chi connectivity index (χ0n) is 14.7. The average molecular weight is 326 g/mol. The van der Waals surface area contributed by atoms with E-state index >= 15 is 0 Å². The first-order chi connectivity index (χ1) is 11.7. The number of fused-ring (bicyclic) bond motifs is 1. The number of aryl methyl sites for hydroxylation is 1. The van der Waals surface area contributed by atoms with Gasteiger partial charge in [-0.3, -0.25) is 4.90 Å². The first kappa shape index (κ1) is 16.8. The van der Waals surface area contributed by atoms with Gasteiger partial charge in [-0.15, -0.1) is 0 Å². The van der Waals surface area contributed by atoms with E-state index in [1.165, 1.54) is 22.3 Å². The fourth-order valence-electron chi connectivity index (χ4n) is 3.55. The number of benzene rings is 2. The highest BCUT2D eigenvalue weighted by Gasteiger charge is 2.28. The third-order valence-corrected chi connectivity index (χ3v) is 4.97. The first-order valence-electron chi connectivity index (χ1n) is 8.41. The van der Waals surface area contributed by atoms with E-state index in [0.29, 0.717) is 6.54 Å². The number of methoxy groups -OCH3 is 2. The Morgan fingerprint density at radius 3 is 2.50 bits per heavy atom. The van der Waals surface area contributed by atoms with E-state index in [9.17, 15) is 0 Å². The van der Waals surface area contributed by atoms with Crippen LogP contribution in [-0.4, -0.2) is 32.2 Å². The van der Waals surface area contributed by atoms with Crippen LogP contribution in [0.2, 0.25) is 0 Å². The van der Waals surface area contributed by atoms with Gasteiger partial charge < -0.3 is 15.2 Å². The van der Waals surface area contributed by atoms with E-state index in [4.69, 9.17) is 15.2 Å². The molecule has 1 atom stereocenters. The van der Waals surface area contributed by atoms with Gasteiger partial charge in [-0.2, -0.15) is 0 Å². The van der Waals surface area contributed by atoms with Gasteiger partial charge in [0.05, 0.1) is 14.2 Å². The predicted octanol–water partition coefficient (Wildman–Crippen LogP) is 3.07. The van der Waals surface area contributed by atoms with Crippen LogP contribution in [0.1, 0.15) is 28.3 Å². The summed E-state index contributed by atoms with van der Waals surface area (Å²) in [7, 11) is 3.35. The summed E-state index contributed by atoms with van der Waals surface area (Å²) in [6, 6.07) is 12.9. The summed E-state index contributed by atoms with van der Waals surface area (Å²) in [5, 5.41) is 0. The average Bonchev–Trinajstić information content (AvgIpc) is 2.62. The van der Waals surface area contributed by atoms with Crippen molar-refractivity contribution in [2.75, 3.05) is 27.3 Å². The molecule has 4 heteroatoms. The molecule has 0 amide bonds. The lowest BCUT2D eigenvalue weighted by Gasteiger charge is -2.37. The summed E-state index contributed by atoms with van der Waals surface area (Å²) in [5.74, 6) is 1.56. The van der Waals surface area contributed by atoms with E-state index in [2.05, 4.69) is 48.2 Å². The van der Waals surface area contributed by atoms with Crippen molar-refractivity contribution in [1.29, 1.82) is 0 Å². The highest BCUT2D eigenvalue weighted by molar-refractivity contribution is 5.49. The third-order valence-electron chi connectivity index (χ3n) is 4.97. The summed E-state index contributed by atoms with van der Waals surface area (Å²) < 4.78 is 10.9. The maximum atomic E-state index is 6.15. The van der Waals surface area contributed by atoms with Gasteiger partial charge in [0.15, 0.2) is 11.5 Å². The van der Waals surface area contributed by atoms with E-state index < -0.39 is 0 Å². The van der Waals surface area contributed by atoms with Crippen LogP contribution in [0.25, 0.3) is 0 Å². The fraction of sp³-hybridized carbons (Fsp3) is 0.400. The zero-order valence-corrected chi connectivity index (χ0v) is 14.7. The number of ether oxygens (including phenoxy) is 2. The molecule has 2 aromatic carbocycles. The van der Waals surface area contributed by atoms with Gasteiger partial charge in [0.1, 0.15) is 0 Å². The minimum atomic E-state index is 0.202. The molecule has 0 bridgehead atoms. The molecule has 0 aliphatic carbocycles. The van der Waals surface area contributed by atoms with Crippen molar-refractivity contribution in [1.82, 2.24) is 4.90 Å². The predicted molar refractivity (Wildman–Crippen MR) is 96.6 cm³/mol. The maximum absolute atomic E-state index is 6.15. The Morgan fingerprint density at radius 1 is 1.12 bits per heavy atom. The number of nitrogens with zero attached hydrogens (tertiary/aromatic N) is 1. The van der Waals surface area contributed by atoms with Gasteiger partial charge in [0.25, 0.3) is 0 Å². The summed E-state index contributed by atoms with van der Waals surface area (Å²) >= 11 is 0. The van der Waals surface area contributed by atoms with Crippen LogP contribution < -0.4 is 15.2 Å². The molecule has 0 aromatic heterocycles. The Bertz CT molecular complexity index is 715. The highest BCUT2D eigenvalue weighted by Crippen LogP contribution is 2.38. The third kappa shape index (κ3) is 3.12. The Labute approximate surface area is 144 Å². The van der Waals surface area contributed by atoms with Crippen LogP contribution in [0.4, 0.5) is 0 Å². The van der Waals surface area contributed by atoms with E-state index in [-0.39, 0.29) is 6.04 Å². The second-order valence-corrected chi connectivity index (χ2v) is 6.30. The van der Waals surface area contributed by atoms with Crippen LogP contribution in [0.3, 0.4) is 0 Å². The summed E-state index contributed by atoms with van der Waals surface area (Å²) in [4.78, 5) is 2.47. The molecule has 2 N–H and O–H groups in total. The largest absolute Gasteiger partial charge is 0.493 e. The molecule has 3 rings (SSSR count). The molecule has 1 aliphatic rings. The lowest BCUT2D eigenvalue weighted by molar-refractivity contribution is 0.179. The molecule has 4 nitrogen and oxygen atoms in total. The van der Waals surface area contributed by atoms with Crippen molar-refractivity contribution in [3.8, 4) is 11.5 Å². The Hall–Kier alpha value is -2.04. The molecule has 24 heavy (non-hydrogen) atoms. The molecule has 0 spiro atoms. The monoisotopic (exact) mass is 326 g/mol. The van der Waals surface area contributed by atoms with Crippen molar-refractivity contribution in [2.24, 2.45) is 5.73 Å². The van der Waals surface area contributed by atoms with Crippen molar-refractivity contribution in [2.45, 2.75) is 25.9 Å². The summed E-state index contributed by atoms with van der Waals surface area (Å²) in [6.07, 6.45) is 0.998. The summed E-state index contributed by atoms with van der Waals surface area (Å²) in [6.45, 7) is 4.67. The van der Waals surface area contributed by atoms with Gasteiger partial charge >= 0.3 is 0 Å². The second kappa shape index (κ2) is 7.24. The minimum Gasteiger partial charge on any atom is -0.493 e. The Morgan fingerprint density at radius 2 is 1.83 bits per heavy atom. The SMILES string of the molecule is COc1cc2c(cc1OC)C(CN)N(Cc1ccccc1C)CC2. The number of rotatable bonds is 5. The quantitative estimate of drug-likeness (QED) is 0.917. The number of nitrogens with two attached hydrogens (primary N) is 1. The topological polar surface area (TPSA) is 47.7 Å². The number of hydrogen-bond donors (Lipinski definition) is 1. The fourth-order valence-corrected chi connectivity index (χ4v) is 3.55. The van der Waals surface area contributed by atoms with E-state index in [1.54, 1.807) is 14.2 Å². The highest BCUT2D eigenvalue weighted by atomic mass is 16.5. The minimum absolute atomic E-state index is 0.202. The molecule has 128 valence electrons. The van der Waals surface area contributed by atoms with Crippen molar-refractivity contribution in [3.63, 3.8) is 0 Å². The molecule has 1 unspecified atom stereocenters. The van der Waals surface area contributed by atoms with Crippen LogP contribution >= 0.6 is 0 Å². The maximum Gasteiger partial charge on any atom is 0.161 e. The van der Waals surface area contributed by atoms with Gasteiger partial charge in [0, 0.05) is 25.7 Å². The lowest BCUT2D eigenvalue weighted by atomic mass is 9.91. The van der Waals surface area contributed by atoms with E-state index in [1.807, 2.05) is 0 Å². The van der Waals surface area contributed by atoms with Crippen LogP contribution in [0.5, 0.6) is 11.5 Å². The van der Waals surface area contributed by atoms with E-state index in [0.717, 1.165) is 31.0 Å². The molecule has 0 radical (unpaired) electrons. The molecular formula is C20H26N2O2. The second-order valence-electron chi connectivity index (χ2n) is 6.30.